The van der Waals surface area contributed by atoms with Gasteiger partial charge in [0.15, 0.2) is 0 Å². The van der Waals surface area contributed by atoms with Gasteiger partial charge in [-0.3, -0.25) is 9.59 Å². The van der Waals surface area contributed by atoms with Gasteiger partial charge in [-0.15, -0.1) is 0 Å². The van der Waals surface area contributed by atoms with Crippen LogP contribution in [0.25, 0.3) is 0 Å². The summed E-state index contributed by atoms with van der Waals surface area (Å²) in [7, 11) is 0. The third-order valence-corrected chi connectivity index (χ3v) is 6.49. The van der Waals surface area contributed by atoms with E-state index >= 15 is 0 Å². The van der Waals surface area contributed by atoms with Crippen molar-refractivity contribution in [3.05, 3.63) is 0 Å². The topological polar surface area (TPSA) is 155 Å². The summed E-state index contributed by atoms with van der Waals surface area (Å²) in [6, 6.07) is 0.846. The number of amides is 4. The number of hydrogen-bond donors (Lipinski definition) is 4. The lowest BCUT2D eigenvalue weighted by molar-refractivity contribution is -0.120. The van der Waals surface area contributed by atoms with Gasteiger partial charge in [-0.1, -0.05) is 0 Å². The molecule has 0 aromatic carbocycles. The molecule has 3 heterocycles. The molecule has 12 nitrogen and oxygen atoms in total. The highest BCUT2D eigenvalue weighted by molar-refractivity contribution is 5.73. The maximum absolute atomic E-state index is 11.8. The summed E-state index contributed by atoms with van der Waals surface area (Å²) in [5.74, 6) is 0.0765. The number of likely N-dealkylation sites (tertiary alicyclic amines) is 2. The predicted octanol–water partition coefficient (Wildman–Crippen LogP) is 2.74. The fraction of sp³-hybridized carbons (Fsp3) is 0.862. The summed E-state index contributed by atoms with van der Waals surface area (Å²) < 4.78 is 10.6. The molecule has 238 valence electrons. The van der Waals surface area contributed by atoms with E-state index in [4.69, 9.17) is 15.2 Å². The summed E-state index contributed by atoms with van der Waals surface area (Å²) in [6.45, 7) is 19.1. The minimum absolute atomic E-state index is 0.0132. The van der Waals surface area contributed by atoms with Crippen LogP contribution in [0.1, 0.15) is 93.9 Å². The van der Waals surface area contributed by atoms with Gasteiger partial charge in [0.25, 0.3) is 0 Å². The van der Waals surface area contributed by atoms with E-state index in [0.717, 1.165) is 64.7 Å². The summed E-state index contributed by atoms with van der Waals surface area (Å²) >= 11 is 0. The van der Waals surface area contributed by atoms with Crippen molar-refractivity contribution in [3.8, 4) is 0 Å². The number of piperidine rings is 3. The van der Waals surface area contributed by atoms with E-state index in [0.29, 0.717) is 19.1 Å². The molecule has 0 radical (unpaired) electrons. The Balaban J connectivity index is 0.000000318. The van der Waals surface area contributed by atoms with Gasteiger partial charge in [-0.05, 0) is 93.2 Å². The van der Waals surface area contributed by atoms with Gasteiger partial charge in [-0.25, -0.2) is 9.59 Å². The van der Waals surface area contributed by atoms with Gasteiger partial charge in [0.2, 0.25) is 11.8 Å². The molecule has 0 aliphatic carbocycles. The van der Waals surface area contributed by atoms with Gasteiger partial charge in [-0.2, -0.15) is 0 Å². The highest BCUT2D eigenvalue weighted by atomic mass is 16.6. The maximum Gasteiger partial charge on any atom is 0.410 e. The number of hydrogen-bond acceptors (Lipinski definition) is 8. The average Bonchev–Trinajstić information content (AvgIpc) is 2.83. The molecule has 3 rings (SSSR count). The number of carbonyl (C=O) groups is 4. The van der Waals surface area contributed by atoms with Gasteiger partial charge in [0, 0.05) is 58.2 Å². The smallest absolute Gasteiger partial charge is 0.410 e. The SMILES string of the molecule is CC(=O)NC1CCN(C(=O)OC(C)(C)C)CC1.CC(=O)NC1CCNCC1.CC(C)(C)OC(=O)N1CCC(N)CC1. The molecule has 4 amide bonds. The number of ether oxygens (including phenoxy) is 2. The van der Waals surface area contributed by atoms with E-state index in [1.807, 2.05) is 41.5 Å². The van der Waals surface area contributed by atoms with E-state index < -0.39 is 11.2 Å². The highest BCUT2D eigenvalue weighted by Crippen LogP contribution is 2.16. The Morgan fingerprint density at radius 2 is 1.00 bits per heavy atom. The zero-order chi connectivity index (χ0) is 31.2. The van der Waals surface area contributed by atoms with Crippen LogP contribution in [0.2, 0.25) is 0 Å². The van der Waals surface area contributed by atoms with Crippen LogP contribution in [0, 0.1) is 0 Å². The van der Waals surface area contributed by atoms with E-state index in [1.165, 1.54) is 6.92 Å². The Kier molecular flexibility index (Phi) is 15.4. The standard InChI is InChI=1S/C12H22N2O3.C10H20N2O2.C7H14N2O/c1-9(15)13-10-5-7-14(8-6-10)11(16)17-12(2,3)4;1-10(2,3)14-9(13)12-6-4-8(11)5-7-12;1-6(10)9-7-2-4-8-5-3-7/h10H,5-8H2,1-4H3,(H,13,15);8H,4-7,11H2,1-3H3;7-8H,2-5H2,1H3,(H,9,10). The van der Waals surface area contributed by atoms with Crippen molar-refractivity contribution in [2.24, 2.45) is 5.73 Å². The van der Waals surface area contributed by atoms with Crippen LogP contribution < -0.4 is 21.7 Å². The molecule has 5 N–H and O–H groups in total. The zero-order valence-corrected chi connectivity index (χ0v) is 26.6. The van der Waals surface area contributed by atoms with Crippen LogP contribution in [0.5, 0.6) is 0 Å². The van der Waals surface area contributed by atoms with Gasteiger partial charge in [0.05, 0.1) is 0 Å². The molecule has 0 aromatic heterocycles. The first kappa shape index (κ1) is 36.4. The normalized spacial score (nSPS) is 19.0. The lowest BCUT2D eigenvalue weighted by Crippen LogP contribution is -2.47. The van der Waals surface area contributed by atoms with Crippen LogP contribution in [-0.2, 0) is 19.1 Å². The Labute approximate surface area is 246 Å². The zero-order valence-electron chi connectivity index (χ0n) is 26.6. The number of nitrogens with two attached hydrogens (primary N) is 1. The molecule has 41 heavy (non-hydrogen) atoms. The second kappa shape index (κ2) is 17.4. The van der Waals surface area contributed by atoms with Crippen molar-refractivity contribution < 1.29 is 28.7 Å². The molecule has 0 spiro atoms. The van der Waals surface area contributed by atoms with Crippen LogP contribution in [0.3, 0.4) is 0 Å². The molecule has 3 aliphatic rings. The van der Waals surface area contributed by atoms with E-state index in [1.54, 1.807) is 16.7 Å². The van der Waals surface area contributed by atoms with Gasteiger partial charge in [0.1, 0.15) is 11.2 Å². The summed E-state index contributed by atoms with van der Waals surface area (Å²) in [6.07, 6.45) is 4.98. The van der Waals surface area contributed by atoms with E-state index in [-0.39, 0.29) is 36.1 Å². The maximum atomic E-state index is 11.8. The molecule has 0 saturated carbocycles. The predicted molar refractivity (Wildman–Crippen MR) is 159 cm³/mol. The van der Waals surface area contributed by atoms with Crippen molar-refractivity contribution in [1.82, 2.24) is 25.8 Å². The third-order valence-electron chi connectivity index (χ3n) is 6.49. The third kappa shape index (κ3) is 17.7. The van der Waals surface area contributed by atoms with Gasteiger partial charge >= 0.3 is 12.2 Å². The second-order valence-electron chi connectivity index (χ2n) is 13.0. The van der Waals surface area contributed by atoms with Crippen molar-refractivity contribution in [2.75, 3.05) is 39.3 Å². The van der Waals surface area contributed by atoms with E-state index in [9.17, 15) is 19.2 Å². The summed E-state index contributed by atoms with van der Waals surface area (Å²) in [5, 5.41) is 9.01. The summed E-state index contributed by atoms with van der Waals surface area (Å²) in [5.41, 5.74) is 4.89. The van der Waals surface area contributed by atoms with Crippen LogP contribution >= 0.6 is 0 Å². The molecule has 0 unspecified atom stereocenters. The first-order valence-corrected chi connectivity index (χ1v) is 14.9. The molecular formula is C29H56N6O6. The highest BCUT2D eigenvalue weighted by Gasteiger charge is 2.27. The molecule has 3 aliphatic heterocycles. The Bertz CT molecular complexity index is 819. The number of carbonyl (C=O) groups excluding carboxylic acids is 4. The summed E-state index contributed by atoms with van der Waals surface area (Å²) in [4.78, 5) is 48.3. The fourth-order valence-electron chi connectivity index (χ4n) is 4.48. The fourth-order valence-corrected chi connectivity index (χ4v) is 4.48. The minimum Gasteiger partial charge on any atom is -0.444 e. The lowest BCUT2D eigenvalue weighted by atomic mass is 10.1. The molecule has 0 atom stereocenters. The lowest BCUT2D eigenvalue weighted by Gasteiger charge is -2.33. The quantitative estimate of drug-likeness (QED) is 0.386. The molecule has 3 saturated heterocycles. The molecule has 3 fully saturated rings. The molecule has 0 aromatic rings. The molecular weight excluding hydrogens is 528 g/mol. The second-order valence-corrected chi connectivity index (χ2v) is 13.0. The van der Waals surface area contributed by atoms with Crippen molar-refractivity contribution in [1.29, 1.82) is 0 Å². The van der Waals surface area contributed by atoms with Crippen molar-refractivity contribution in [3.63, 3.8) is 0 Å². The Hall–Kier alpha value is -2.60. The van der Waals surface area contributed by atoms with Crippen LogP contribution in [0.15, 0.2) is 0 Å². The Morgan fingerprint density at radius 3 is 1.34 bits per heavy atom. The van der Waals surface area contributed by atoms with E-state index in [2.05, 4.69) is 16.0 Å². The first-order valence-electron chi connectivity index (χ1n) is 14.9. The van der Waals surface area contributed by atoms with Crippen molar-refractivity contribution in [2.45, 2.75) is 123 Å². The largest absolute Gasteiger partial charge is 0.444 e. The molecule has 12 heteroatoms. The number of rotatable bonds is 2. The molecule has 0 bridgehead atoms. The van der Waals surface area contributed by atoms with Crippen LogP contribution in [-0.4, -0.2) is 102 Å². The van der Waals surface area contributed by atoms with Crippen molar-refractivity contribution >= 4 is 24.0 Å². The average molecular weight is 585 g/mol. The number of nitrogens with zero attached hydrogens (tertiary/aromatic N) is 2. The van der Waals surface area contributed by atoms with Gasteiger partial charge < -0.3 is 41.0 Å². The Morgan fingerprint density at radius 1 is 0.659 bits per heavy atom. The van der Waals surface area contributed by atoms with Crippen LogP contribution in [0.4, 0.5) is 9.59 Å². The first-order chi connectivity index (χ1) is 18.9. The minimum atomic E-state index is -0.453. The number of nitrogens with one attached hydrogen (secondary N) is 3. The monoisotopic (exact) mass is 584 g/mol.